The number of halogens is 2. The number of aryl methyl sites for hydroxylation is 1. The van der Waals surface area contributed by atoms with E-state index in [1.807, 2.05) is 0 Å². The molecule has 0 bridgehead atoms. The molecule has 0 spiro atoms. The smallest absolute Gasteiger partial charge is 0.387 e. The van der Waals surface area contributed by atoms with E-state index < -0.39 is 36.5 Å². The van der Waals surface area contributed by atoms with Crippen LogP contribution in [-0.4, -0.2) is 35.9 Å². The number of imide groups is 1. The molecule has 3 rings (SSSR count). The van der Waals surface area contributed by atoms with E-state index in [2.05, 4.69) is 15.4 Å². The second kappa shape index (κ2) is 7.90. The number of amides is 4. The van der Waals surface area contributed by atoms with Crippen molar-refractivity contribution in [2.75, 3.05) is 6.54 Å². The molecular formula is C19H19F2N3O5. The van der Waals surface area contributed by atoms with Gasteiger partial charge in [0.25, 0.3) is 5.91 Å². The molecule has 1 fully saturated rings. The number of benzene rings is 1. The summed E-state index contributed by atoms with van der Waals surface area (Å²) in [5.41, 5.74) is -0.750. The third kappa shape index (κ3) is 4.36. The van der Waals surface area contributed by atoms with Crippen molar-refractivity contribution in [1.29, 1.82) is 0 Å². The Morgan fingerprint density at radius 1 is 1.24 bits per heavy atom. The predicted octanol–water partition coefficient (Wildman–Crippen LogP) is 2.27. The molecule has 1 aliphatic rings. The monoisotopic (exact) mass is 407 g/mol. The van der Waals surface area contributed by atoms with Gasteiger partial charge in [0.1, 0.15) is 23.8 Å². The van der Waals surface area contributed by atoms with E-state index in [0.717, 1.165) is 4.90 Å². The van der Waals surface area contributed by atoms with Crippen LogP contribution in [0.4, 0.5) is 13.6 Å². The van der Waals surface area contributed by atoms with Gasteiger partial charge in [0.2, 0.25) is 5.91 Å². The van der Waals surface area contributed by atoms with Gasteiger partial charge in [-0.1, -0.05) is 12.1 Å². The lowest BCUT2D eigenvalue weighted by molar-refractivity contribution is -0.135. The molecule has 0 aliphatic carbocycles. The van der Waals surface area contributed by atoms with Crippen LogP contribution in [0.3, 0.4) is 0 Å². The number of hydrogen-bond donors (Lipinski definition) is 2. The Bertz CT molecular complexity index is 928. The van der Waals surface area contributed by atoms with Crippen LogP contribution in [0.2, 0.25) is 0 Å². The van der Waals surface area contributed by atoms with E-state index in [1.165, 1.54) is 31.2 Å². The quantitative estimate of drug-likeness (QED) is 0.686. The van der Waals surface area contributed by atoms with Crippen molar-refractivity contribution in [2.45, 2.75) is 32.5 Å². The number of rotatable bonds is 7. The summed E-state index contributed by atoms with van der Waals surface area (Å²) in [6, 6.07) is 8.30. The lowest BCUT2D eigenvalue weighted by Gasteiger charge is -2.19. The molecule has 4 amide bonds. The highest BCUT2D eigenvalue weighted by Crippen LogP contribution is 2.29. The summed E-state index contributed by atoms with van der Waals surface area (Å²) in [5.74, 6) is -0.282. The number of urea groups is 1. The number of nitrogens with zero attached hydrogens (tertiary/aromatic N) is 1. The predicted molar refractivity (Wildman–Crippen MR) is 96.0 cm³/mol. The summed E-state index contributed by atoms with van der Waals surface area (Å²) in [7, 11) is 0. The van der Waals surface area contributed by atoms with E-state index >= 15 is 0 Å². The second-order valence-corrected chi connectivity index (χ2v) is 6.66. The Balaban J connectivity index is 1.58. The molecule has 1 saturated heterocycles. The van der Waals surface area contributed by atoms with Gasteiger partial charge in [0.05, 0.1) is 0 Å². The maximum atomic E-state index is 12.7. The second-order valence-electron chi connectivity index (χ2n) is 6.66. The molecule has 0 saturated carbocycles. The van der Waals surface area contributed by atoms with Crippen molar-refractivity contribution in [3.8, 4) is 5.75 Å². The summed E-state index contributed by atoms with van der Waals surface area (Å²) in [6.07, 6.45) is 0. The van der Waals surface area contributed by atoms with Crippen molar-refractivity contribution in [3.05, 3.63) is 53.5 Å². The van der Waals surface area contributed by atoms with E-state index in [0.29, 0.717) is 11.3 Å². The van der Waals surface area contributed by atoms with E-state index in [4.69, 9.17) is 4.42 Å². The molecule has 0 radical (unpaired) electrons. The highest BCUT2D eigenvalue weighted by atomic mass is 19.3. The molecule has 10 heteroatoms. The van der Waals surface area contributed by atoms with Crippen LogP contribution < -0.4 is 15.4 Å². The minimum absolute atomic E-state index is 0.00172. The Hall–Kier alpha value is -3.43. The van der Waals surface area contributed by atoms with Gasteiger partial charge in [-0.25, -0.2) is 4.79 Å². The standard InChI is InChI=1S/C19H19F2N3O5/c1-11-3-8-14(28-11)19(2)16(26)24(18(27)23-19)10-15(25)22-9-12-4-6-13(7-5-12)29-17(20)21/h3-8,17H,9-10H2,1-2H3,(H,22,25)(H,23,27). The highest BCUT2D eigenvalue weighted by molar-refractivity contribution is 6.08. The fourth-order valence-electron chi connectivity index (χ4n) is 2.90. The van der Waals surface area contributed by atoms with E-state index in [-0.39, 0.29) is 18.1 Å². The zero-order valence-corrected chi connectivity index (χ0v) is 15.7. The average molecular weight is 407 g/mol. The lowest BCUT2D eigenvalue weighted by Crippen LogP contribution is -2.43. The van der Waals surface area contributed by atoms with Crippen LogP contribution in [0.1, 0.15) is 24.0 Å². The molecular weight excluding hydrogens is 388 g/mol. The first-order valence-electron chi connectivity index (χ1n) is 8.70. The number of hydrogen-bond acceptors (Lipinski definition) is 5. The van der Waals surface area contributed by atoms with E-state index in [1.54, 1.807) is 19.1 Å². The molecule has 1 unspecified atom stereocenters. The number of alkyl halides is 2. The normalized spacial score (nSPS) is 18.9. The Morgan fingerprint density at radius 3 is 2.52 bits per heavy atom. The zero-order valence-electron chi connectivity index (χ0n) is 15.7. The van der Waals surface area contributed by atoms with Crippen LogP contribution in [-0.2, 0) is 21.7 Å². The van der Waals surface area contributed by atoms with Gasteiger partial charge in [-0.2, -0.15) is 8.78 Å². The molecule has 1 aromatic heterocycles. The molecule has 8 nitrogen and oxygen atoms in total. The van der Waals surface area contributed by atoms with Crippen LogP contribution >= 0.6 is 0 Å². The molecule has 2 aromatic rings. The molecule has 154 valence electrons. The van der Waals surface area contributed by atoms with Crippen molar-refractivity contribution < 1.29 is 32.3 Å². The third-order valence-electron chi connectivity index (χ3n) is 4.45. The molecule has 1 aliphatic heterocycles. The number of carbonyl (C=O) groups excluding carboxylic acids is 3. The summed E-state index contributed by atoms with van der Waals surface area (Å²) in [4.78, 5) is 37.9. The Labute approximate surface area is 164 Å². The highest BCUT2D eigenvalue weighted by Gasteiger charge is 2.51. The first-order valence-corrected chi connectivity index (χ1v) is 8.70. The lowest BCUT2D eigenvalue weighted by atomic mass is 9.99. The maximum absolute atomic E-state index is 12.7. The van der Waals surface area contributed by atoms with Crippen LogP contribution in [0, 0.1) is 6.92 Å². The molecule has 2 N–H and O–H groups in total. The molecule has 1 aromatic carbocycles. The first kappa shape index (κ1) is 20.3. The average Bonchev–Trinajstić information content (AvgIpc) is 3.19. The Kier molecular flexibility index (Phi) is 5.53. The van der Waals surface area contributed by atoms with E-state index in [9.17, 15) is 23.2 Å². The number of nitrogens with one attached hydrogen (secondary N) is 2. The van der Waals surface area contributed by atoms with Crippen LogP contribution in [0.5, 0.6) is 5.75 Å². The fourth-order valence-corrected chi connectivity index (χ4v) is 2.90. The van der Waals surface area contributed by atoms with Gasteiger partial charge in [0, 0.05) is 6.54 Å². The SMILES string of the molecule is Cc1ccc(C2(C)NC(=O)N(CC(=O)NCc3ccc(OC(F)F)cc3)C2=O)o1. The number of ether oxygens (including phenoxy) is 1. The first-order chi connectivity index (χ1) is 13.7. The largest absolute Gasteiger partial charge is 0.463 e. The molecule has 29 heavy (non-hydrogen) atoms. The minimum atomic E-state index is -2.92. The van der Waals surface area contributed by atoms with Crippen molar-refractivity contribution in [1.82, 2.24) is 15.5 Å². The number of carbonyl (C=O) groups is 3. The van der Waals surface area contributed by atoms with Gasteiger partial charge in [-0.3, -0.25) is 14.5 Å². The van der Waals surface area contributed by atoms with Crippen LogP contribution in [0.25, 0.3) is 0 Å². The summed E-state index contributed by atoms with van der Waals surface area (Å²) >= 11 is 0. The zero-order chi connectivity index (χ0) is 21.2. The Morgan fingerprint density at radius 2 is 1.93 bits per heavy atom. The number of furan rings is 1. The summed E-state index contributed by atoms with van der Waals surface area (Å²) in [6.45, 7) is -0.0724. The minimum Gasteiger partial charge on any atom is -0.463 e. The molecule has 2 heterocycles. The van der Waals surface area contributed by atoms with Gasteiger partial charge >= 0.3 is 12.6 Å². The van der Waals surface area contributed by atoms with Crippen molar-refractivity contribution >= 4 is 17.8 Å². The third-order valence-corrected chi connectivity index (χ3v) is 4.45. The summed E-state index contributed by atoms with van der Waals surface area (Å²) < 4.78 is 34.0. The van der Waals surface area contributed by atoms with Gasteiger partial charge in [-0.05, 0) is 43.7 Å². The van der Waals surface area contributed by atoms with Gasteiger partial charge in [0.15, 0.2) is 5.54 Å². The van der Waals surface area contributed by atoms with Gasteiger partial charge in [-0.15, -0.1) is 0 Å². The summed E-state index contributed by atoms with van der Waals surface area (Å²) in [5, 5.41) is 5.12. The van der Waals surface area contributed by atoms with Crippen molar-refractivity contribution in [3.63, 3.8) is 0 Å². The van der Waals surface area contributed by atoms with Gasteiger partial charge < -0.3 is 19.8 Å². The van der Waals surface area contributed by atoms with Crippen LogP contribution in [0.15, 0.2) is 40.8 Å². The van der Waals surface area contributed by atoms with Crippen molar-refractivity contribution in [2.24, 2.45) is 0 Å². The topological polar surface area (TPSA) is 101 Å². The maximum Gasteiger partial charge on any atom is 0.387 e. The fraction of sp³-hybridized carbons (Fsp3) is 0.316. The molecule has 1 atom stereocenters.